The van der Waals surface area contributed by atoms with Crippen LogP contribution in [-0.4, -0.2) is 54.7 Å². The van der Waals surface area contributed by atoms with Crippen molar-refractivity contribution in [2.75, 3.05) is 37.6 Å². The van der Waals surface area contributed by atoms with Crippen LogP contribution in [0.25, 0.3) is 0 Å². The fraction of sp³-hybridized carbons (Fsp3) is 0.458. The second-order valence-corrected chi connectivity index (χ2v) is 9.40. The second-order valence-electron chi connectivity index (χ2n) is 8.53. The van der Waals surface area contributed by atoms with Gasteiger partial charge in [0.1, 0.15) is 6.10 Å². The maximum absolute atomic E-state index is 13.1. The lowest BCUT2D eigenvalue weighted by Crippen LogP contribution is -2.48. The number of hydrogen-bond acceptors (Lipinski definition) is 4. The lowest BCUT2D eigenvalue weighted by Gasteiger charge is -2.29. The van der Waals surface area contributed by atoms with E-state index in [4.69, 9.17) is 23.2 Å². The highest BCUT2D eigenvalue weighted by Crippen LogP contribution is 2.27. The van der Waals surface area contributed by atoms with Gasteiger partial charge in [0.2, 0.25) is 5.91 Å². The van der Waals surface area contributed by atoms with Crippen molar-refractivity contribution >= 4 is 34.8 Å². The van der Waals surface area contributed by atoms with E-state index >= 15 is 0 Å². The van der Waals surface area contributed by atoms with E-state index in [1.165, 1.54) is 0 Å². The van der Waals surface area contributed by atoms with E-state index in [1.54, 1.807) is 12.1 Å². The molecule has 5 nitrogen and oxygen atoms in total. The van der Waals surface area contributed by atoms with Crippen molar-refractivity contribution in [1.82, 2.24) is 10.2 Å². The zero-order valence-corrected chi connectivity index (χ0v) is 19.0. The standard InChI is InChI=1S/C24H29Cl2N3O2/c25-19-5-3-17(4-6-19)23(30)22(16-28-12-1-2-13-28)27-24(31)18-11-14-29(15-18)21-9-7-20(26)8-10-21/h3-10,18,22-23,30H,1-2,11-16H2,(H,27,31). The maximum atomic E-state index is 13.1. The van der Waals surface area contributed by atoms with Gasteiger partial charge in [-0.15, -0.1) is 0 Å². The van der Waals surface area contributed by atoms with Crippen molar-refractivity contribution in [2.45, 2.75) is 31.4 Å². The third kappa shape index (κ3) is 5.72. The first-order valence-electron chi connectivity index (χ1n) is 11.0. The Morgan fingerprint density at radius 1 is 1.00 bits per heavy atom. The van der Waals surface area contributed by atoms with Gasteiger partial charge in [0.15, 0.2) is 0 Å². The molecule has 0 radical (unpaired) electrons. The summed E-state index contributed by atoms with van der Waals surface area (Å²) in [4.78, 5) is 17.7. The Bertz CT molecular complexity index is 869. The van der Waals surface area contributed by atoms with Crippen molar-refractivity contribution in [2.24, 2.45) is 5.92 Å². The lowest BCUT2D eigenvalue weighted by molar-refractivity contribution is -0.126. The predicted molar refractivity (Wildman–Crippen MR) is 126 cm³/mol. The number of carbonyl (C=O) groups excluding carboxylic acids is 1. The number of nitrogens with zero attached hydrogens (tertiary/aromatic N) is 2. The molecule has 2 saturated heterocycles. The summed E-state index contributed by atoms with van der Waals surface area (Å²) in [5, 5.41) is 15.6. The first-order chi connectivity index (χ1) is 15.0. The minimum Gasteiger partial charge on any atom is -0.386 e. The highest BCUT2D eigenvalue weighted by atomic mass is 35.5. The van der Waals surface area contributed by atoms with Gasteiger partial charge in [-0.3, -0.25) is 4.79 Å². The van der Waals surface area contributed by atoms with Crippen LogP contribution in [0.2, 0.25) is 10.0 Å². The van der Waals surface area contributed by atoms with Crippen LogP contribution in [0.15, 0.2) is 48.5 Å². The van der Waals surface area contributed by atoms with Gasteiger partial charge >= 0.3 is 0 Å². The molecule has 2 aliphatic heterocycles. The van der Waals surface area contributed by atoms with Crippen LogP contribution >= 0.6 is 23.2 Å². The van der Waals surface area contributed by atoms with Crippen LogP contribution in [0, 0.1) is 5.92 Å². The fourth-order valence-electron chi connectivity index (χ4n) is 4.52. The normalized spacial score (nSPS) is 21.3. The Balaban J connectivity index is 1.42. The molecule has 2 aliphatic rings. The summed E-state index contributed by atoms with van der Waals surface area (Å²) in [5.41, 5.74) is 1.85. The number of hydrogen-bond donors (Lipinski definition) is 2. The molecular weight excluding hydrogens is 433 g/mol. The highest BCUT2D eigenvalue weighted by molar-refractivity contribution is 6.30. The molecule has 31 heavy (non-hydrogen) atoms. The molecule has 4 rings (SSSR count). The molecule has 0 aromatic heterocycles. The summed E-state index contributed by atoms with van der Waals surface area (Å²) in [6, 6.07) is 14.6. The Labute approximate surface area is 193 Å². The number of carbonyl (C=O) groups is 1. The Morgan fingerprint density at radius 3 is 2.26 bits per heavy atom. The summed E-state index contributed by atoms with van der Waals surface area (Å²) in [6.45, 7) is 4.15. The van der Waals surface area contributed by atoms with Gasteiger partial charge in [-0.1, -0.05) is 35.3 Å². The number of rotatable bonds is 7. The van der Waals surface area contributed by atoms with E-state index in [-0.39, 0.29) is 17.9 Å². The molecular formula is C24H29Cl2N3O2. The molecule has 2 aromatic rings. The number of benzene rings is 2. The van der Waals surface area contributed by atoms with Gasteiger partial charge < -0.3 is 20.2 Å². The number of anilines is 1. The molecule has 2 aromatic carbocycles. The zero-order chi connectivity index (χ0) is 21.8. The smallest absolute Gasteiger partial charge is 0.225 e. The Kier molecular flexibility index (Phi) is 7.39. The van der Waals surface area contributed by atoms with Crippen molar-refractivity contribution in [1.29, 1.82) is 0 Å². The van der Waals surface area contributed by atoms with Gasteiger partial charge in [0, 0.05) is 35.4 Å². The zero-order valence-electron chi connectivity index (χ0n) is 17.5. The van der Waals surface area contributed by atoms with Crippen LogP contribution < -0.4 is 10.2 Å². The molecule has 7 heteroatoms. The number of likely N-dealkylation sites (tertiary alicyclic amines) is 1. The molecule has 0 saturated carbocycles. The van der Waals surface area contributed by atoms with Crippen molar-refractivity contribution in [3.8, 4) is 0 Å². The minimum absolute atomic E-state index is 0.00803. The molecule has 3 unspecified atom stereocenters. The van der Waals surface area contributed by atoms with Crippen LogP contribution in [0.4, 0.5) is 5.69 Å². The van der Waals surface area contributed by atoms with Crippen LogP contribution in [-0.2, 0) is 4.79 Å². The quantitative estimate of drug-likeness (QED) is 0.650. The Morgan fingerprint density at radius 2 is 1.61 bits per heavy atom. The average molecular weight is 462 g/mol. The third-order valence-corrected chi connectivity index (χ3v) is 6.83. The Hall–Kier alpha value is -1.79. The van der Waals surface area contributed by atoms with Gasteiger partial charge in [-0.05, 0) is 74.3 Å². The lowest BCUT2D eigenvalue weighted by atomic mass is 10.00. The summed E-state index contributed by atoms with van der Waals surface area (Å²) < 4.78 is 0. The topological polar surface area (TPSA) is 55.8 Å². The van der Waals surface area contributed by atoms with E-state index in [0.29, 0.717) is 23.1 Å². The highest BCUT2D eigenvalue weighted by Gasteiger charge is 2.32. The molecule has 2 fully saturated rings. The van der Waals surface area contributed by atoms with Crippen LogP contribution in [0.3, 0.4) is 0 Å². The van der Waals surface area contributed by atoms with Crippen molar-refractivity contribution in [3.63, 3.8) is 0 Å². The van der Waals surface area contributed by atoms with Gasteiger partial charge in [0.25, 0.3) is 0 Å². The molecule has 0 spiro atoms. The molecule has 0 aliphatic carbocycles. The minimum atomic E-state index is -0.782. The van der Waals surface area contributed by atoms with Crippen molar-refractivity contribution in [3.05, 3.63) is 64.1 Å². The fourth-order valence-corrected chi connectivity index (χ4v) is 4.77. The molecule has 2 heterocycles. The predicted octanol–water partition coefficient (Wildman–Crippen LogP) is 4.13. The van der Waals surface area contributed by atoms with E-state index in [0.717, 1.165) is 50.1 Å². The number of aliphatic hydroxyl groups excluding tert-OH is 1. The largest absolute Gasteiger partial charge is 0.386 e. The third-order valence-electron chi connectivity index (χ3n) is 6.32. The van der Waals surface area contributed by atoms with Gasteiger partial charge in [-0.2, -0.15) is 0 Å². The van der Waals surface area contributed by atoms with Crippen molar-refractivity contribution < 1.29 is 9.90 Å². The van der Waals surface area contributed by atoms with Crippen LogP contribution in [0.1, 0.15) is 30.9 Å². The number of nitrogens with one attached hydrogen (secondary N) is 1. The summed E-state index contributed by atoms with van der Waals surface area (Å²) in [6.07, 6.45) is 2.34. The van der Waals surface area contributed by atoms with E-state index < -0.39 is 6.10 Å². The summed E-state index contributed by atoms with van der Waals surface area (Å²) in [7, 11) is 0. The average Bonchev–Trinajstić information content (AvgIpc) is 3.46. The van der Waals surface area contributed by atoms with Gasteiger partial charge in [-0.25, -0.2) is 0 Å². The second kappa shape index (κ2) is 10.2. The maximum Gasteiger partial charge on any atom is 0.225 e. The van der Waals surface area contributed by atoms with E-state index in [9.17, 15) is 9.90 Å². The number of amides is 1. The number of halogens is 2. The summed E-state index contributed by atoms with van der Waals surface area (Å²) >= 11 is 12.0. The van der Waals surface area contributed by atoms with E-state index in [2.05, 4.69) is 15.1 Å². The molecule has 166 valence electrons. The van der Waals surface area contributed by atoms with E-state index in [1.807, 2.05) is 36.4 Å². The molecule has 1 amide bonds. The molecule has 0 bridgehead atoms. The monoisotopic (exact) mass is 461 g/mol. The first kappa shape index (κ1) is 22.4. The summed E-state index contributed by atoms with van der Waals surface area (Å²) in [5.74, 6) is -0.0946. The molecule has 3 atom stereocenters. The van der Waals surface area contributed by atoms with Crippen LogP contribution in [0.5, 0.6) is 0 Å². The molecule has 2 N–H and O–H groups in total. The first-order valence-corrected chi connectivity index (χ1v) is 11.7. The van der Waals surface area contributed by atoms with Gasteiger partial charge in [0.05, 0.1) is 12.0 Å². The SMILES string of the molecule is O=C(NC(CN1CCCC1)C(O)c1ccc(Cl)cc1)C1CCN(c2ccc(Cl)cc2)C1. The number of aliphatic hydroxyl groups is 1.